The molecule has 1 aromatic heterocycles. The van der Waals surface area contributed by atoms with Gasteiger partial charge in [0.05, 0.1) is 0 Å². The van der Waals surface area contributed by atoms with E-state index < -0.39 is 0 Å². The fourth-order valence-electron chi connectivity index (χ4n) is 1.30. The van der Waals surface area contributed by atoms with Crippen LogP contribution in [0.1, 0.15) is 11.7 Å². The van der Waals surface area contributed by atoms with Gasteiger partial charge in [0.2, 0.25) is 5.95 Å². The number of hydrogen-bond acceptors (Lipinski definition) is 4. The first-order chi connectivity index (χ1) is 7.75. The van der Waals surface area contributed by atoms with Crippen LogP contribution < -0.4 is 11.1 Å². The van der Waals surface area contributed by atoms with E-state index in [1.807, 2.05) is 18.2 Å². The number of hydrogen-bond donors (Lipinski definition) is 2. The molecule has 1 aromatic carbocycles. The lowest BCUT2D eigenvalue weighted by Gasteiger charge is -2.13. The maximum atomic E-state index is 5.95. The van der Waals surface area contributed by atoms with E-state index in [1.54, 1.807) is 24.5 Å². The molecule has 0 aliphatic carbocycles. The van der Waals surface area contributed by atoms with Gasteiger partial charge < -0.3 is 11.1 Å². The highest BCUT2D eigenvalue weighted by Crippen LogP contribution is 2.16. The predicted octanol–water partition coefficient (Wildman–Crippen LogP) is 2.20. The van der Waals surface area contributed by atoms with Crippen molar-refractivity contribution >= 4 is 17.5 Å². The second kappa shape index (κ2) is 4.92. The topological polar surface area (TPSA) is 63.8 Å². The van der Waals surface area contributed by atoms with Crippen LogP contribution in [-0.4, -0.2) is 9.97 Å². The van der Waals surface area contributed by atoms with Crippen LogP contribution in [-0.2, 0) is 0 Å². The minimum absolute atomic E-state index is 0.374. The number of benzene rings is 1. The number of anilines is 1. The molecule has 1 heterocycles. The molecule has 0 aliphatic heterocycles. The van der Waals surface area contributed by atoms with Gasteiger partial charge in [0.15, 0.2) is 0 Å². The van der Waals surface area contributed by atoms with Gasteiger partial charge in [0.1, 0.15) is 6.17 Å². The van der Waals surface area contributed by atoms with Gasteiger partial charge in [-0.2, -0.15) is 0 Å². The summed E-state index contributed by atoms with van der Waals surface area (Å²) in [6.07, 6.45) is 2.93. The van der Waals surface area contributed by atoms with Crippen molar-refractivity contribution in [2.24, 2.45) is 5.73 Å². The first kappa shape index (κ1) is 10.9. The highest BCUT2D eigenvalue weighted by Gasteiger charge is 2.06. The number of aromatic nitrogens is 2. The molecule has 0 amide bonds. The molecule has 0 radical (unpaired) electrons. The molecule has 0 aliphatic rings. The molecule has 82 valence electrons. The van der Waals surface area contributed by atoms with Crippen LogP contribution in [0.15, 0.2) is 42.7 Å². The summed E-state index contributed by atoms with van der Waals surface area (Å²) in [4.78, 5) is 8.06. The van der Waals surface area contributed by atoms with Gasteiger partial charge in [-0.3, -0.25) is 0 Å². The van der Waals surface area contributed by atoms with Gasteiger partial charge in [-0.05, 0) is 23.8 Å². The molecule has 16 heavy (non-hydrogen) atoms. The molecule has 1 unspecified atom stereocenters. The van der Waals surface area contributed by atoms with Crippen molar-refractivity contribution in [3.63, 3.8) is 0 Å². The zero-order valence-corrected chi connectivity index (χ0v) is 9.22. The Hall–Kier alpha value is -1.65. The third-order valence-corrected chi connectivity index (χ3v) is 2.29. The van der Waals surface area contributed by atoms with Crippen molar-refractivity contribution < 1.29 is 0 Å². The average Bonchev–Trinajstić information content (AvgIpc) is 2.30. The van der Waals surface area contributed by atoms with Crippen LogP contribution >= 0.6 is 11.6 Å². The Morgan fingerprint density at radius 3 is 2.62 bits per heavy atom. The number of rotatable bonds is 3. The SMILES string of the molecule is NC(Nc1ncccn1)c1cccc(Cl)c1. The van der Waals surface area contributed by atoms with Gasteiger partial charge in [-0.1, -0.05) is 23.7 Å². The van der Waals surface area contributed by atoms with Crippen molar-refractivity contribution in [2.75, 3.05) is 5.32 Å². The minimum Gasteiger partial charge on any atom is -0.335 e. The Morgan fingerprint density at radius 2 is 1.94 bits per heavy atom. The van der Waals surface area contributed by atoms with Gasteiger partial charge in [0, 0.05) is 17.4 Å². The van der Waals surface area contributed by atoms with E-state index in [0.717, 1.165) is 5.56 Å². The van der Waals surface area contributed by atoms with Crippen molar-refractivity contribution in [3.8, 4) is 0 Å². The molecule has 0 bridgehead atoms. The van der Waals surface area contributed by atoms with Crippen molar-refractivity contribution in [1.82, 2.24) is 9.97 Å². The smallest absolute Gasteiger partial charge is 0.224 e. The summed E-state index contributed by atoms with van der Waals surface area (Å²) in [6, 6.07) is 9.10. The van der Waals surface area contributed by atoms with Crippen molar-refractivity contribution in [2.45, 2.75) is 6.17 Å². The Morgan fingerprint density at radius 1 is 1.19 bits per heavy atom. The highest BCUT2D eigenvalue weighted by molar-refractivity contribution is 6.30. The molecule has 5 heteroatoms. The summed E-state index contributed by atoms with van der Waals surface area (Å²) < 4.78 is 0. The van der Waals surface area contributed by atoms with Crippen molar-refractivity contribution in [3.05, 3.63) is 53.3 Å². The summed E-state index contributed by atoms with van der Waals surface area (Å²) in [5.41, 5.74) is 6.84. The summed E-state index contributed by atoms with van der Waals surface area (Å²) >= 11 is 5.88. The molecule has 0 saturated heterocycles. The Balaban J connectivity index is 2.12. The van der Waals surface area contributed by atoms with Crippen LogP contribution in [0.4, 0.5) is 5.95 Å². The first-order valence-electron chi connectivity index (χ1n) is 4.80. The minimum atomic E-state index is -0.374. The largest absolute Gasteiger partial charge is 0.335 e. The number of nitrogens with one attached hydrogen (secondary N) is 1. The zero-order valence-electron chi connectivity index (χ0n) is 8.47. The standard InChI is InChI=1S/C11H11ClN4/c12-9-4-1-3-8(7-9)10(13)16-11-14-5-2-6-15-11/h1-7,10H,13H2,(H,14,15,16). The number of nitrogens with two attached hydrogens (primary N) is 1. The summed E-state index contributed by atoms with van der Waals surface area (Å²) in [7, 11) is 0. The van der Waals surface area contributed by atoms with E-state index in [2.05, 4.69) is 15.3 Å². The van der Waals surface area contributed by atoms with Gasteiger partial charge >= 0.3 is 0 Å². The third kappa shape index (κ3) is 2.68. The molecule has 1 atom stereocenters. The Kier molecular flexibility index (Phi) is 3.34. The first-order valence-corrected chi connectivity index (χ1v) is 5.18. The van der Waals surface area contributed by atoms with Gasteiger partial charge in [-0.15, -0.1) is 0 Å². The second-order valence-corrected chi connectivity index (χ2v) is 3.69. The second-order valence-electron chi connectivity index (χ2n) is 3.25. The van der Waals surface area contributed by atoms with Crippen LogP contribution in [0.2, 0.25) is 5.02 Å². The lowest BCUT2D eigenvalue weighted by molar-refractivity contribution is 0.817. The summed E-state index contributed by atoms with van der Waals surface area (Å²) in [6.45, 7) is 0. The molecule has 0 fully saturated rings. The van der Waals surface area contributed by atoms with Gasteiger partial charge in [-0.25, -0.2) is 9.97 Å². The lowest BCUT2D eigenvalue weighted by Crippen LogP contribution is -2.21. The van der Waals surface area contributed by atoms with Crippen LogP contribution in [0.25, 0.3) is 0 Å². The predicted molar refractivity (Wildman–Crippen MR) is 64.0 cm³/mol. The molecule has 0 saturated carbocycles. The summed E-state index contributed by atoms with van der Waals surface area (Å²) in [5, 5.41) is 3.64. The van der Waals surface area contributed by atoms with E-state index in [-0.39, 0.29) is 6.17 Å². The molecular formula is C11H11ClN4. The van der Waals surface area contributed by atoms with E-state index >= 15 is 0 Å². The monoisotopic (exact) mass is 234 g/mol. The van der Waals surface area contributed by atoms with Gasteiger partial charge in [0.25, 0.3) is 0 Å². The van der Waals surface area contributed by atoms with E-state index in [9.17, 15) is 0 Å². The fourth-order valence-corrected chi connectivity index (χ4v) is 1.49. The van der Waals surface area contributed by atoms with E-state index in [4.69, 9.17) is 17.3 Å². The average molecular weight is 235 g/mol. The molecule has 2 rings (SSSR count). The number of halogens is 1. The zero-order chi connectivity index (χ0) is 11.4. The van der Waals surface area contributed by atoms with Crippen molar-refractivity contribution in [1.29, 1.82) is 0 Å². The highest BCUT2D eigenvalue weighted by atomic mass is 35.5. The summed E-state index contributed by atoms with van der Waals surface area (Å²) in [5.74, 6) is 0.495. The van der Waals surface area contributed by atoms with E-state index in [0.29, 0.717) is 11.0 Å². The fraction of sp³-hybridized carbons (Fsp3) is 0.0909. The normalized spacial score (nSPS) is 12.1. The quantitative estimate of drug-likeness (QED) is 0.800. The molecule has 4 nitrogen and oxygen atoms in total. The van der Waals surface area contributed by atoms with Crippen LogP contribution in [0, 0.1) is 0 Å². The molecular weight excluding hydrogens is 224 g/mol. The molecule has 0 spiro atoms. The van der Waals surface area contributed by atoms with E-state index in [1.165, 1.54) is 0 Å². The Bertz CT molecular complexity index is 461. The maximum Gasteiger partial charge on any atom is 0.224 e. The lowest BCUT2D eigenvalue weighted by atomic mass is 10.2. The number of nitrogens with zero attached hydrogens (tertiary/aromatic N) is 2. The third-order valence-electron chi connectivity index (χ3n) is 2.06. The Labute approximate surface area is 98.5 Å². The maximum absolute atomic E-state index is 5.95. The molecule has 2 aromatic rings. The molecule has 3 N–H and O–H groups in total. The van der Waals surface area contributed by atoms with Crippen LogP contribution in [0.5, 0.6) is 0 Å². The van der Waals surface area contributed by atoms with Crippen LogP contribution in [0.3, 0.4) is 0 Å².